The van der Waals surface area contributed by atoms with Crippen LogP contribution in [0.4, 0.5) is 0 Å². The van der Waals surface area contributed by atoms with Crippen LogP contribution in [-0.2, 0) is 12.8 Å². The first-order valence-corrected chi connectivity index (χ1v) is 6.54. The van der Waals surface area contributed by atoms with Crippen molar-refractivity contribution in [3.63, 3.8) is 0 Å². The average Bonchev–Trinajstić information content (AvgIpc) is 2.43. The molecule has 0 bridgehead atoms. The van der Waals surface area contributed by atoms with Gasteiger partial charge in [0.05, 0.1) is 11.1 Å². The molecule has 0 aliphatic heterocycles. The highest BCUT2D eigenvalue weighted by atomic mass is 16.4. The fourth-order valence-electron chi connectivity index (χ4n) is 2.52. The van der Waals surface area contributed by atoms with E-state index in [1.807, 2.05) is 19.1 Å². The number of fused-ring (bicyclic) bond motifs is 1. The molecule has 0 saturated carbocycles. The predicted molar refractivity (Wildman–Crippen MR) is 76.6 cm³/mol. The van der Waals surface area contributed by atoms with Gasteiger partial charge in [0.2, 0.25) is 0 Å². The summed E-state index contributed by atoms with van der Waals surface area (Å²) in [6, 6.07) is 7.08. The lowest BCUT2D eigenvalue weighted by molar-refractivity contribution is 0.0696. The Kier molecular flexibility index (Phi) is 3.74. The Labute approximate surface area is 116 Å². The number of benzene rings is 2. The number of carboxylic acid groups (broad SMARTS) is 2. The van der Waals surface area contributed by atoms with Crippen LogP contribution < -0.4 is 0 Å². The minimum absolute atomic E-state index is 0.0747. The van der Waals surface area contributed by atoms with Crippen molar-refractivity contribution in [2.24, 2.45) is 0 Å². The molecular formula is C16H16O4. The van der Waals surface area contributed by atoms with E-state index in [0.717, 1.165) is 12.0 Å². The number of aromatic carboxylic acids is 2. The summed E-state index contributed by atoms with van der Waals surface area (Å²) < 4.78 is 0. The topological polar surface area (TPSA) is 74.6 Å². The molecule has 2 aromatic rings. The monoisotopic (exact) mass is 272 g/mol. The summed E-state index contributed by atoms with van der Waals surface area (Å²) in [6.07, 6.45) is 1.19. The average molecular weight is 272 g/mol. The molecule has 0 aliphatic rings. The third-order valence-electron chi connectivity index (χ3n) is 3.52. The Morgan fingerprint density at radius 1 is 1.00 bits per heavy atom. The van der Waals surface area contributed by atoms with Gasteiger partial charge in [0.25, 0.3) is 0 Å². The summed E-state index contributed by atoms with van der Waals surface area (Å²) in [5, 5.41) is 20.0. The van der Waals surface area contributed by atoms with Gasteiger partial charge in [-0.3, -0.25) is 0 Å². The van der Waals surface area contributed by atoms with E-state index in [2.05, 4.69) is 0 Å². The molecule has 104 valence electrons. The van der Waals surface area contributed by atoms with E-state index >= 15 is 0 Å². The van der Waals surface area contributed by atoms with Crippen molar-refractivity contribution >= 4 is 22.7 Å². The van der Waals surface area contributed by atoms with Crippen molar-refractivity contribution in [2.45, 2.75) is 26.7 Å². The minimum atomic E-state index is -1.09. The van der Waals surface area contributed by atoms with E-state index in [1.54, 1.807) is 19.1 Å². The van der Waals surface area contributed by atoms with Crippen LogP contribution in [-0.4, -0.2) is 22.2 Å². The lowest BCUT2D eigenvalue weighted by atomic mass is 9.91. The van der Waals surface area contributed by atoms with Gasteiger partial charge in [-0.15, -0.1) is 0 Å². The maximum Gasteiger partial charge on any atom is 0.336 e. The van der Waals surface area contributed by atoms with Gasteiger partial charge >= 0.3 is 11.9 Å². The number of hydrogen-bond acceptors (Lipinski definition) is 2. The molecular weight excluding hydrogens is 256 g/mol. The van der Waals surface area contributed by atoms with Crippen molar-refractivity contribution in [1.82, 2.24) is 0 Å². The minimum Gasteiger partial charge on any atom is -0.478 e. The molecule has 0 heterocycles. The van der Waals surface area contributed by atoms with Gasteiger partial charge in [0.15, 0.2) is 0 Å². The fraction of sp³-hybridized carbons (Fsp3) is 0.250. The third kappa shape index (κ3) is 2.25. The van der Waals surface area contributed by atoms with E-state index in [9.17, 15) is 19.8 Å². The molecule has 0 spiro atoms. The molecule has 2 N–H and O–H groups in total. The quantitative estimate of drug-likeness (QED) is 0.894. The summed E-state index contributed by atoms with van der Waals surface area (Å²) in [6.45, 7) is 3.76. The Morgan fingerprint density at radius 2 is 1.70 bits per heavy atom. The molecule has 0 saturated heterocycles. The number of rotatable bonds is 4. The Balaban J connectivity index is 2.93. The summed E-state index contributed by atoms with van der Waals surface area (Å²) in [5.41, 5.74) is 1.60. The van der Waals surface area contributed by atoms with Gasteiger partial charge in [-0.25, -0.2) is 9.59 Å². The van der Waals surface area contributed by atoms with Gasteiger partial charge in [-0.2, -0.15) is 0 Å². The summed E-state index contributed by atoms with van der Waals surface area (Å²) in [5.74, 6) is -2.17. The molecule has 4 heteroatoms. The second kappa shape index (κ2) is 5.33. The Morgan fingerprint density at radius 3 is 2.20 bits per heavy atom. The standard InChI is InChI=1S/C16H16O4/c1-3-9-5-6-12-10(7-9)8-13(15(17)18)11(4-2)14(12)16(19)20/h5-8H,3-4H2,1-2H3,(H,17,18)(H,19,20). The first kappa shape index (κ1) is 14.1. The third-order valence-corrected chi connectivity index (χ3v) is 3.52. The van der Waals surface area contributed by atoms with E-state index in [1.165, 1.54) is 0 Å². The Hall–Kier alpha value is -2.36. The zero-order chi connectivity index (χ0) is 14.9. The van der Waals surface area contributed by atoms with Crippen molar-refractivity contribution < 1.29 is 19.8 Å². The van der Waals surface area contributed by atoms with E-state index in [0.29, 0.717) is 22.8 Å². The van der Waals surface area contributed by atoms with Crippen LogP contribution in [0.3, 0.4) is 0 Å². The second-order valence-electron chi connectivity index (χ2n) is 4.65. The molecule has 0 amide bonds. The predicted octanol–water partition coefficient (Wildman–Crippen LogP) is 3.36. The van der Waals surface area contributed by atoms with Crippen LogP contribution in [0, 0.1) is 0 Å². The first-order chi connectivity index (χ1) is 9.49. The van der Waals surface area contributed by atoms with Crippen molar-refractivity contribution in [3.8, 4) is 0 Å². The van der Waals surface area contributed by atoms with Gasteiger partial charge in [-0.05, 0) is 40.8 Å². The molecule has 2 aromatic carbocycles. The first-order valence-electron chi connectivity index (χ1n) is 6.54. The van der Waals surface area contributed by atoms with Crippen LogP contribution in [0.15, 0.2) is 24.3 Å². The van der Waals surface area contributed by atoms with E-state index in [-0.39, 0.29) is 11.1 Å². The molecule has 0 atom stereocenters. The molecule has 4 nitrogen and oxygen atoms in total. The molecule has 0 unspecified atom stereocenters. The molecule has 0 aromatic heterocycles. The Bertz CT molecular complexity index is 701. The zero-order valence-electron chi connectivity index (χ0n) is 11.4. The van der Waals surface area contributed by atoms with Gasteiger partial charge in [0, 0.05) is 0 Å². The van der Waals surface area contributed by atoms with Crippen molar-refractivity contribution in [2.75, 3.05) is 0 Å². The zero-order valence-corrected chi connectivity index (χ0v) is 11.4. The maximum absolute atomic E-state index is 11.5. The van der Waals surface area contributed by atoms with Crippen molar-refractivity contribution in [3.05, 3.63) is 46.5 Å². The molecule has 20 heavy (non-hydrogen) atoms. The SMILES string of the molecule is CCc1ccc2c(C(=O)O)c(CC)c(C(=O)O)cc2c1. The smallest absolute Gasteiger partial charge is 0.336 e. The van der Waals surface area contributed by atoms with E-state index in [4.69, 9.17) is 0 Å². The van der Waals surface area contributed by atoms with E-state index < -0.39 is 11.9 Å². The number of hydrogen-bond donors (Lipinski definition) is 2. The van der Waals surface area contributed by atoms with Crippen LogP contribution in [0.1, 0.15) is 45.7 Å². The second-order valence-corrected chi connectivity index (χ2v) is 4.65. The van der Waals surface area contributed by atoms with Crippen LogP contribution in [0.2, 0.25) is 0 Å². The fourth-order valence-corrected chi connectivity index (χ4v) is 2.52. The maximum atomic E-state index is 11.5. The summed E-state index contributed by atoms with van der Waals surface area (Å²) in [7, 11) is 0. The highest BCUT2D eigenvalue weighted by Gasteiger charge is 2.20. The van der Waals surface area contributed by atoms with Gasteiger partial charge in [-0.1, -0.05) is 32.0 Å². The van der Waals surface area contributed by atoms with Crippen molar-refractivity contribution in [1.29, 1.82) is 0 Å². The number of aryl methyl sites for hydroxylation is 1. The van der Waals surface area contributed by atoms with Crippen LogP contribution in [0.25, 0.3) is 10.8 Å². The highest BCUT2D eigenvalue weighted by molar-refractivity contribution is 6.09. The lowest BCUT2D eigenvalue weighted by Gasteiger charge is -2.13. The number of carboxylic acids is 2. The number of carbonyl (C=O) groups is 2. The molecule has 2 rings (SSSR count). The highest BCUT2D eigenvalue weighted by Crippen LogP contribution is 2.28. The van der Waals surface area contributed by atoms with Crippen LogP contribution in [0.5, 0.6) is 0 Å². The molecule has 0 radical (unpaired) electrons. The normalized spacial score (nSPS) is 10.7. The summed E-state index contributed by atoms with van der Waals surface area (Å²) >= 11 is 0. The summed E-state index contributed by atoms with van der Waals surface area (Å²) in [4.78, 5) is 22.9. The van der Waals surface area contributed by atoms with Gasteiger partial charge < -0.3 is 10.2 Å². The largest absolute Gasteiger partial charge is 0.478 e. The molecule has 0 fully saturated rings. The molecule has 0 aliphatic carbocycles. The lowest BCUT2D eigenvalue weighted by Crippen LogP contribution is -2.10. The van der Waals surface area contributed by atoms with Gasteiger partial charge in [0.1, 0.15) is 0 Å². The van der Waals surface area contributed by atoms with Crippen LogP contribution >= 0.6 is 0 Å².